The van der Waals surface area contributed by atoms with Crippen molar-refractivity contribution in [1.29, 1.82) is 0 Å². The third-order valence-electron chi connectivity index (χ3n) is 6.38. The number of nitrogens with one attached hydrogen (secondary N) is 3. The largest absolute Gasteiger partial charge is 0.494 e. The molecule has 1 aromatic carbocycles. The van der Waals surface area contributed by atoms with E-state index in [2.05, 4.69) is 30.8 Å². The van der Waals surface area contributed by atoms with Crippen molar-refractivity contribution in [2.75, 3.05) is 37.8 Å². The molecule has 3 N–H and O–H groups in total. The molecule has 3 heterocycles. The Morgan fingerprint density at radius 3 is 2.64 bits per heavy atom. The van der Waals surface area contributed by atoms with Crippen LogP contribution in [0.1, 0.15) is 44.4 Å². The summed E-state index contributed by atoms with van der Waals surface area (Å²) in [6, 6.07) is 6.40. The summed E-state index contributed by atoms with van der Waals surface area (Å²) in [6.45, 7) is -2.44. The van der Waals surface area contributed by atoms with Crippen molar-refractivity contribution in [1.82, 2.24) is 30.4 Å². The standard InChI is InChI=1S/C26H27FN8O4/c1-28-25(37)22-18(10-21(33-34-22)32-24(36)14-6-7-14)31-17-5-3-4-16(23(17)39-2)19-11-30-20(12-29-19)26(38)35-9-8-15(27)13-35/h3-5,10-12,14-15H,6-9,13H2,1-2H3,(H,28,37)(H2,31,32,33,36)/t15-/m1/s1/i1D3. The van der Waals surface area contributed by atoms with Crippen molar-refractivity contribution in [3.63, 3.8) is 0 Å². The lowest BCUT2D eigenvalue weighted by molar-refractivity contribution is -0.117. The van der Waals surface area contributed by atoms with Gasteiger partial charge in [-0.2, -0.15) is 0 Å². The van der Waals surface area contributed by atoms with E-state index in [4.69, 9.17) is 8.85 Å². The average Bonchev–Trinajstić information content (AvgIpc) is 3.72. The number of benzene rings is 1. The fourth-order valence-electron chi connectivity index (χ4n) is 4.19. The topological polar surface area (TPSA) is 151 Å². The summed E-state index contributed by atoms with van der Waals surface area (Å²) in [4.78, 5) is 47.7. The summed E-state index contributed by atoms with van der Waals surface area (Å²) in [6.07, 6.45) is 3.47. The highest BCUT2D eigenvalue weighted by Crippen LogP contribution is 2.38. The van der Waals surface area contributed by atoms with Crippen LogP contribution in [-0.2, 0) is 4.79 Å². The molecule has 12 nitrogen and oxygen atoms in total. The van der Waals surface area contributed by atoms with Gasteiger partial charge < -0.3 is 25.6 Å². The van der Waals surface area contributed by atoms with E-state index in [-0.39, 0.29) is 53.4 Å². The van der Waals surface area contributed by atoms with Crippen LogP contribution in [-0.4, -0.2) is 76.1 Å². The number of ether oxygens (including phenoxy) is 1. The van der Waals surface area contributed by atoms with Gasteiger partial charge in [-0.1, -0.05) is 6.07 Å². The molecule has 3 amide bonds. The van der Waals surface area contributed by atoms with Gasteiger partial charge in [0.1, 0.15) is 11.9 Å². The lowest BCUT2D eigenvalue weighted by atomic mass is 10.1. The monoisotopic (exact) mass is 537 g/mol. The number of halogens is 1. The van der Waals surface area contributed by atoms with Gasteiger partial charge >= 0.3 is 0 Å². The van der Waals surface area contributed by atoms with Crippen LogP contribution >= 0.6 is 0 Å². The Balaban J connectivity index is 1.44. The van der Waals surface area contributed by atoms with Gasteiger partial charge in [-0.15, -0.1) is 10.2 Å². The Labute approximate surface area is 227 Å². The third-order valence-corrected chi connectivity index (χ3v) is 6.38. The summed E-state index contributed by atoms with van der Waals surface area (Å²) in [7, 11) is 1.42. The van der Waals surface area contributed by atoms with E-state index < -0.39 is 25.0 Å². The van der Waals surface area contributed by atoms with Crippen molar-refractivity contribution >= 4 is 34.9 Å². The molecule has 1 aliphatic carbocycles. The summed E-state index contributed by atoms with van der Waals surface area (Å²) in [5.74, 6) is -1.41. The first-order valence-corrected chi connectivity index (χ1v) is 12.2. The zero-order valence-electron chi connectivity index (χ0n) is 23.9. The first-order valence-electron chi connectivity index (χ1n) is 13.7. The first kappa shape index (κ1) is 22.3. The smallest absolute Gasteiger partial charge is 0.274 e. The molecule has 0 radical (unpaired) electrons. The Morgan fingerprint density at radius 2 is 1.97 bits per heavy atom. The molecule has 1 saturated heterocycles. The maximum absolute atomic E-state index is 13.5. The molecule has 0 unspecified atom stereocenters. The number of nitrogens with zero attached hydrogens (tertiary/aromatic N) is 5. The fraction of sp³-hybridized carbons (Fsp3) is 0.346. The molecule has 2 fully saturated rings. The number of amides is 3. The zero-order chi connectivity index (χ0) is 30.0. The fourth-order valence-corrected chi connectivity index (χ4v) is 4.19. The molecular weight excluding hydrogens is 507 g/mol. The van der Waals surface area contributed by atoms with Crippen molar-refractivity contribution < 1.29 is 27.6 Å². The summed E-state index contributed by atoms with van der Waals surface area (Å²) >= 11 is 0. The molecule has 2 aliphatic rings. The van der Waals surface area contributed by atoms with E-state index in [9.17, 15) is 18.8 Å². The Bertz CT molecular complexity index is 1520. The zero-order valence-corrected chi connectivity index (χ0v) is 20.9. The number of anilines is 3. The highest BCUT2D eigenvalue weighted by Gasteiger charge is 2.30. The van der Waals surface area contributed by atoms with E-state index in [1.807, 2.05) is 5.32 Å². The van der Waals surface area contributed by atoms with E-state index in [0.717, 1.165) is 12.8 Å². The lowest BCUT2D eigenvalue weighted by Gasteiger charge is -2.17. The number of hydrogen-bond acceptors (Lipinski definition) is 9. The van der Waals surface area contributed by atoms with Crippen LogP contribution in [0, 0.1) is 5.92 Å². The molecule has 39 heavy (non-hydrogen) atoms. The predicted octanol–water partition coefficient (Wildman–Crippen LogP) is 2.58. The van der Waals surface area contributed by atoms with Crippen LogP contribution in [0.3, 0.4) is 0 Å². The molecule has 202 valence electrons. The predicted molar refractivity (Wildman–Crippen MR) is 139 cm³/mol. The van der Waals surface area contributed by atoms with Gasteiger partial charge in [-0.05, 0) is 31.4 Å². The van der Waals surface area contributed by atoms with Crippen LogP contribution in [0.5, 0.6) is 5.75 Å². The van der Waals surface area contributed by atoms with Gasteiger partial charge in [0.15, 0.2) is 17.3 Å². The van der Waals surface area contributed by atoms with Crippen LogP contribution in [0.2, 0.25) is 0 Å². The summed E-state index contributed by atoms with van der Waals surface area (Å²) in [5, 5.41) is 15.3. The first-order chi connectivity index (χ1) is 20.0. The number of carbonyl (C=O) groups is 3. The SMILES string of the molecule is [2H]C([2H])([2H])NC(=O)c1nnc(NC(=O)C2CC2)cc1Nc1cccc(-c2cnc(C(=O)N3CC[C@@H](F)C3)cn2)c1OC. The van der Waals surface area contributed by atoms with Crippen LogP contribution in [0.15, 0.2) is 36.7 Å². The Hall–Kier alpha value is -4.68. The molecule has 1 aliphatic heterocycles. The minimum absolute atomic E-state index is 0.0199. The van der Waals surface area contributed by atoms with Crippen LogP contribution in [0.4, 0.5) is 21.6 Å². The average molecular weight is 538 g/mol. The second kappa shape index (κ2) is 11.0. The van der Waals surface area contributed by atoms with E-state index in [1.165, 1.54) is 30.5 Å². The van der Waals surface area contributed by atoms with E-state index in [0.29, 0.717) is 23.5 Å². The van der Waals surface area contributed by atoms with Crippen LogP contribution in [0.25, 0.3) is 11.3 Å². The number of alkyl halides is 1. The molecule has 3 aromatic rings. The molecule has 2 aromatic heterocycles. The molecule has 1 saturated carbocycles. The van der Waals surface area contributed by atoms with Gasteiger partial charge in [0.25, 0.3) is 11.8 Å². The maximum Gasteiger partial charge on any atom is 0.274 e. The molecular formula is C26H27FN8O4. The highest BCUT2D eigenvalue weighted by molar-refractivity contribution is 6.00. The van der Waals surface area contributed by atoms with Gasteiger partial charge in [0.2, 0.25) is 5.91 Å². The third kappa shape index (κ3) is 5.61. The number of likely N-dealkylation sites (tertiary alicyclic amines) is 1. The van der Waals surface area contributed by atoms with Crippen molar-refractivity contribution in [3.05, 3.63) is 48.0 Å². The van der Waals surface area contributed by atoms with Crippen molar-refractivity contribution in [2.45, 2.75) is 25.4 Å². The number of rotatable bonds is 8. The van der Waals surface area contributed by atoms with Crippen molar-refractivity contribution in [3.8, 4) is 17.0 Å². The number of methoxy groups -OCH3 is 1. The normalized spacial score (nSPS) is 17.9. The highest BCUT2D eigenvalue weighted by atomic mass is 19.1. The summed E-state index contributed by atoms with van der Waals surface area (Å²) < 4.78 is 41.3. The van der Waals surface area contributed by atoms with Crippen LogP contribution < -0.4 is 20.7 Å². The van der Waals surface area contributed by atoms with Gasteiger partial charge in [-0.25, -0.2) is 9.37 Å². The van der Waals surface area contributed by atoms with Crippen molar-refractivity contribution in [2.24, 2.45) is 5.92 Å². The quantitative estimate of drug-likeness (QED) is 0.394. The number of hydrogen-bond donors (Lipinski definition) is 3. The lowest BCUT2D eigenvalue weighted by Crippen LogP contribution is -2.29. The molecule has 13 heteroatoms. The maximum atomic E-state index is 13.5. The van der Waals surface area contributed by atoms with Gasteiger partial charge in [0.05, 0.1) is 43.1 Å². The second-order valence-electron chi connectivity index (χ2n) is 9.14. The second-order valence-corrected chi connectivity index (χ2v) is 9.14. The number of aromatic nitrogens is 4. The minimum Gasteiger partial charge on any atom is -0.494 e. The Kier molecular flexibility index (Phi) is 6.28. The van der Waals surface area contributed by atoms with E-state index >= 15 is 0 Å². The molecule has 0 bridgehead atoms. The Morgan fingerprint density at radius 1 is 1.13 bits per heavy atom. The molecule has 5 rings (SSSR count). The molecule has 1 atom stereocenters. The van der Waals surface area contributed by atoms with Gasteiger partial charge in [0, 0.05) is 35.2 Å². The van der Waals surface area contributed by atoms with Gasteiger partial charge in [-0.3, -0.25) is 19.4 Å². The number of para-hydroxylation sites is 1. The molecule has 0 spiro atoms. The number of carbonyl (C=O) groups excluding carboxylic acids is 3. The van der Waals surface area contributed by atoms with E-state index in [1.54, 1.807) is 18.2 Å². The minimum atomic E-state index is -2.78. The summed E-state index contributed by atoms with van der Waals surface area (Å²) in [5.41, 5.74) is 0.993.